The summed E-state index contributed by atoms with van der Waals surface area (Å²) in [6.45, 7) is 1.51. The second-order valence-electron chi connectivity index (χ2n) is 8.10. The average Bonchev–Trinajstić information content (AvgIpc) is 3.36. The van der Waals surface area contributed by atoms with Gasteiger partial charge in [-0.25, -0.2) is 8.89 Å². The second kappa shape index (κ2) is 11.5. The number of piperidine rings is 1. The summed E-state index contributed by atoms with van der Waals surface area (Å²) in [6.07, 6.45) is 6.82. The van der Waals surface area contributed by atoms with Crippen molar-refractivity contribution >= 4 is 34.8 Å². The van der Waals surface area contributed by atoms with E-state index in [4.69, 9.17) is 4.55 Å². The van der Waals surface area contributed by atoms with Crippen LogP contribution >= 0.6 is 0 Å². The maximum atomic E-state index is 12.5. The van der Waals surface area contributed by atoms with Gasteiger partial charge in [-0.3, -0.25) is 18.9 Å². The molecular weight excluding hydrogens is 468 g/mol. The zero-order valence-electron chi connectivity index (χ0n) is 18.9. The smallest absolute Gasteiger partial charge is 0.259 e. The van der Waals surface area contributed by atoms with Crippen molar-refractivity contribution in [3.05, 3.63) is 83.7 Å². The van der Waals surface area contributed by atoms with Gasteiger partial charge in [0.25, 0.3) is 17.2 Å². The number of benzene rings is 2. The van der Waals surface area contributed by atoms with Crippen molar-refractivity contribution in [2.24, 2.45) is 0 Å². The number of carbonyl (C=O) groups excluding carboxylic acids is 2. The summed E-state index contributed by atoms with van der Waals surface area (Å²) >= 11 is -2.17. The molecule has 1 unspecified atom stereocenters. The molecule has 0 aliphatic carbocycles. The Balaban J connectivity index is 1.24. The number of nitrogens with zero attached hydrogens (tertiary/aromatic N) is 4. The van der Waals surface area contributed by atoms with Crippen LogP contribution in [-0.2, 0) is 22.6 Å². The number of amides is 2. The Labute approximate surface area is 205 Å². The highest BCUT2D eigenvalue weighted by atomic mass is 32.2. The first kappa shape index (κ1) is 24.3. The molecule has 3 aromatic rings. The number of aromatic nitrogens is 3. The number of hydrogen-bond donors (Lipinski definition) is 3. The molecule has 1 atom stereocenters. The molecule has 10 nitrogen and oxygen atoms in total. The molecule has 2 heterocycles. The van der Waals surface area contributed by atoms with Gasteiger partial charge in [0.2, 0.25) is 5.91 Å². The van der Waals surface area contributed by atoms with E-state index < -0.39 is 11.3 Å². The van der Waals surface area contributed by atoms with Crippen molar-refractivity contribution in [3.63, 3.8) is 0 Å². The van der Waals surface area contributed by atoms with Crippen molar-refractivity contribution in [3.8, 4) is 0 Å². The maximum absolute atomic E-state index is 12.5. The molecule has 0 saturated carbocycles. The Kier molecular flexibility index (Phi) is 8.01. The van der Waals surface area contributed by atoms with Crippen molar-refractivity contribution in [2.45, 2.75) is 25.4 Å². The lowest BCUT2D eigenvalue weighted by Gasteiger charge is -2.31. The highest BCUT2D eigenvalue weighted by molar-refractivity contribution is 7.80. The molecule has 11 heteroatoms. The predicted octanol–water partition coefficient (Wildman–Crippen LogP) is 2.63. The van der Waals surface area contributed by atoms with Gasteiger partial charge in [0.05, 0.1) is 18.8 Å². The fourth-order valence-electron chi connectivity index (χ4n) is 3.82. The molecule has 1 aliphatic heterocycles. The molecule has 0 radical (unpaired) electrons. The van der Waals surface area contributed by atoms with Gasteiger partial charge in [-0.05, 0) is 48.7 Å². The molecule has 4 rings (SSSR count). The summed E-state index contributed by atoms with van der Waals surface area (Å²) in [4.78, 5) is 26.7. The Morgan fingerprint density at radius 1 is 1.09 bits per heavy atom. The van der Waals surface area contributed by atoms with Crippen LogP contribution in [0.4, 0.5) is 5.69 Å². The van der Waals surface area contributed by atoms with Crippen LogP contribution in [0, 0.1) is 0 Å². The largest absolute Gasteiger partial charge is 0.346 e. The lowest BCUT2D eigenvalue weighted by Crippen LogP contribution is -2.38. The van der Waals surface area contributed by atoms with Gasteiger partial charge in [0.15, 0.2) is 0 Å². The molecule has 0 spiro atoms. The summed E-state index contributed by atoms with van der Waals surface area (Å²) in [5.74, 6) is -0.283. The number of hydrogen-bond acceptors (Lipinski definition) is 5. The minimum absolute atomic E-state index is 0.00253. The van der Waals surface area contributed by atoms with Crippen molar-refractivity contribution in [1.82, 2.24) is 25.2 Å². The van der Waals surface area contributed by atoms with E-state index in [2.05, 4.69) is 20.4 Å². The molecular formula is C24H26N6O4S. The van der Waals surface area contributed by atoms with E-state index in [1.165, 1.54) is 0 Å². The number of nitrogens with one attached hydrogen (secondary N) is 2. The first-order valence-corrected chi connectivity index (χ1v) is 12.3. The summed E-state index contributed by atoms with van der Waals surface area (Å²) in [5, 5.41) is 11.2. The summed E-state index contributed by atoms with van der Waals surface area (Å²) in [6, 6.07) is 16.1. The van der Waals surface area contributed by atoms with Gasteiger partial charge in [-0.15, -0.1) is 5.10 Å². The van der Waals surface area contributed by atoms with E-state index in [-0.39, 0.29) is 24.4 Å². The van der Waals surface area contributed by atoms with Crippen LogP contribution < -0.4 is 10.0 Å². The van der Waals surface area contributed by atoms with Gasteiger partial charge < -0.3 is 10.2 Å². The summed E-state index contributed by atoms with van der Waals surface area (Å²) in [7, 11) is 0. The Hall–Kier alpha value is -3.83. The van der Waals surface area contributed by atoms with Gasteiger partial charge in [0.1, 0.15) is 5.69 Å². The molecule has 0 bridgehead atoms. The molecule has 2 aromatic carbocycles. The fourth-order valence-corrected chi connectivity index (χ4v) is 4.16. The molecule has 1 fully saturated rings. The van der Waals surface area contributed by atoms with E-state index in [1.54, 1.807) is 35.0 Å². The highest BCUT2D eigenvalue weighted by Gasteiger charge is 2.23. The lowest BCUT2D eigenvalue weighted by molar-refractivity contribution is -0.127. The molecule has 1 aromatic heterocycles. The standard InChI is InChI=1S/C24H26N6O4S/c31-23(11-6-18-4-2-1-3-5-18)29-14-12-22(13-15-29)30-17-21(26-28-30)16-25-24(32)19-7-9-20(10-8-19)27-35(33)34/h1-11,17,22,27H,12-16H2,(H,25,32)(H,33,34). The van der Waals surface area contributed by atoms with E-state index in [0.29, 0.717) is 30.0 Å². The Morgan fingerprint density at radius 2 is 1.80 bits per heavy atom. The van der Waals surface area contributed by atoms with Gasteiger partial charge in [-0.1, -0.05) is 35.5 Å². The van der Waals surface area contributed by atoms with E-state index in [9.17, 15) is 13.8 Å². The molecule has 35 heavy (non-hydrogen) atoms. The molecule has 1 saturated heterocycles. The minimum atomic E-state index is -2.17. The first-order chi connectivity index (χ1) is 17.0. The zero-order chi connectivity index (χ0) is 24.6. The average molecular weight is 495 g/mol. The zero-order valence-corrected chi connectivity index (χ0v) is 19.7. The van der Waals surface area contributed by atoms with Crippen LogP contribution in [0.2, 0.25) is 0 Å². The molecule has 1 aliphatic rings. The van der Waals surface area contributed by atoms with Crippen molar-refractivity contribution in [2.75, 3.05) is 17.8 Å². The van der Waals surface area contributed by atoms with Gasteiger partial charge in [-0.2, -0.15) is 0 Å². The van der Waals surface area contributed by atoms with E-state index in [0.717, 1.165) is 18.4 Å². The van der Waals surface area contributed by atoms with Crippen molar-refractivity contribution in [1.29, 1.82) is 0 Å². The first-order valence-electron chi connectivity index (χ1n) is 11.2. The van der Waals surface area contributed by atoms with Crippen LogP contribution in [0.25, 0.3) is 6.08 Å². The van der Waals surface area contributed by atoms with Crippen LogP contribution in [0.5, 0.6) is 0 Å². The molecule has 3 N–H and O–H groups in total. The topological polar surface area (TPSA) is 129 Å². The number of anilines is 1. The number of likely N-dealkylation sites (tertiary alicyclic amines) is 1. The SMILES string of the molecule is O=C(NCc1cn(C2CCN(C(=O)C=Cc3ccccc3)CC2)nn1)c1ccc(NS(=O)O)cc1. The van der Waals surface area contributed by atoms with Gasteiger partial charge in [0, 0.05) is 30.4 Å². The lowest BCUT2D eigenvalue weighted by atomic mass is 10.1. The van der Waals surface area contributed by atoms with Crippen LogP contribution in [0.3, 0.4) is 0 Å². The van der Waals surface area contributed by atoms with E-state index >= 15 is 0 Å². The Bertz CT molecular complexity index is 1200. The Morgan fingerprint density at radius 3 is 2.49 bits per heavy atom. The predicted molar refractivity (Wildman–Crippen MR) is 132 cm³/mol. The molecule has 182 valence electrons. The second-order valence-corrected chi connectivity index (χ2v) is 8.80. The normalized spacial score (nSPS) is 15.2. The third-order valence-electron chi connectivity index (χ3n) is 5.71. The van der Waals surface area contributed by atoms with E-state index in [1.807, 2.05) is 47.5 Å². The molecule has 2 amide bonds. The maximum Gasteiger partial charge on any atom is 0.259 e. The number of carbonyl (C=O) groups is 2. The van der Waals surface area contributed by atoms with Crippen LogP contribution in [-0.4, -0.2) is 53.6 Å². The van der Waals surface area contributed by atoms with Crippen LogP contribution in [0.1, 0.15) is 40.5 Å². The van der Waals surface area contributed by atoms with Crippen molar-refractivity contribution < 1.29 is 18.4 Å². The number of rotatable bonds is 8. The van der Waals surface area contributed by atoms with Crippen LogP contribution in [0.15, 0.2) is 66.9 Å². The summed E-state index contributed by atoms with van der Waals surface area (Å²) < 4.78 is 23.7. The summed E-state index contributed by atoms with van der Waals surface area (Å²) in [5.41, 5.74) is 2.48. The quantitative estimate of drug-likeness (QED) is 0.326. The minimum Gasteiger partial charge on any atom is -0.346 e. The third-order valence-corrected chi connectivity index (χ3v) is 6.12. The fraction of sp³-hybridized carbons (Fsp3) is 0.250. The monoisotopic (exact) mass is 494 g/mol. The highest BCUT2D eigenvalue weighted by Crippen LogP contribution is 2.22. The third kappa shape index (κ3) is 6.84. The van der Waals surface area contributed by atoms with Gasteiger partial charge >= 0.3 is 0 Å².